The number of ether oxygens (including phenoxy) is 1. The molecular weight excluding hydrogens is 440 g/mol. The Morgan fingerprint density at radius 2 is 1.71 bits per heavy atom. The van der Waals surface area contributed by atoms with Crippen LogP contribution in [0.2, 0.25) is 5.02 Å². The van der Waals surface area contributed by atoms with Crippen molar-refractivity contribution >= 4 is 39.1 Å². The highest BCUT2D eigenvalue weighted by atomic mass is 79.9. The van der Waals surface area contributed by atoms with E-state index >= 15 is 0 Å². The maximum atomic E-state index is 12.0. The highest BCUT2D eigenvalue weighted by Gasteiger charge is 2.06. The Kier molecular flexibility index (Phi) is 6.85. The summed E-state index contributed by atoms with van der Waals surface area (Å²) in [4.78, 5) is 12.0. The van der Waals surface area contributed by atoms with Crippen LogP contribution >= 0.6 is 27.5 Å². The van der Waals surface area contributed by atoms with Crippen molar-refractivity contribution in [2.75, 3.05) is 6.61 Å². The summed E-state index contributed by atoms with van der Waals surface area (Å²) in [6.45, 7) is 1.69. The molecule has 0 radical (unpaired) electrons. The molecule has 1 amide bonds. The van der Waals surface area contributed by atoms with Gasteiger partial charge in [-0.25, -0.2) is 5.43 Å². The molecule has 0 saturated heterocycles. The van der Waals surface area contributed by atoms with Gasteiger partial charge in [-0.15, -0.1) is 0 Å². The van der Waals surface area contributed by atoms with Gasteiger partial charge < -0.3 is 4.74 Å². The van der Waals surface area contributed by atoms with Crippen LogP contribution in [0.3, 0.4) is 0 Å². The van der Waals surface area contributed by atoms with Crippen LogP contribution in [0.1, 0.15) is 12.5 Å². The van der Waals surface area contributed by atoms with E-state index in [-0.39, 0.29) is 12.5 Å². The number of hydrogen-bond donors (Lipinski definition) is 1. The van der Waals surface area contributed by atoms with Crippen molar-refractivity contribution in [2.45, 2.75) is 6.92 Å². The molecule has 0 unspecified atom stereocenters. The maximum Gasteiger partial charge on any atom is 0.277 e. The van der Waals surface area contributed by atoms with Crippen LogP contribution in [-0.2, 0) is 4.79 Å². The average Bonchev–Trinajstić information content (AvgIpc) is 2.72. The summed E-state index contributed by atoms with van der Waals surface area (Å²) in [5.41, 5.74) is 6.43. The molecule has 0 aliphatic heterocycles. The topological polar surface area (TPSA) is 50.7 Å². The smallest absolute Gasteiger partial charge is 0.277 e. The van der Waals surface area contributed by atoms with Crippen molar-refractivity contribution in [3.05, 3.63) is 87.9 Å². The van der Waals surface area contributed by atoms with Crippen LogP contribution < -0.4 is 10.2 Å². The Morgan fingerprint density at radius 1 is 1.04 bits per heavy atom. The fraction of sp³-hybridized carbons (Fsp3) is 0.0909. The molecule has 0 atom stereocenters. The predicted octanol–water partition coefficient (Wildman–Crippen LogP) is 5.69. The van der Waals surface area contributed by atoms with Crippen LogP contribution in [0.15, 0.2) is 82.4 Å². The summed E-state index contributed by atoms with van der Waals surface area (Å²) in [6, 6.07) is 23.3. The summed E-state index contributed by atoms with van der Waals surface area (Å²) in [7, 11) is 0. The number of nitrogens with zero attached hydrogens (tertiary/aromatic N) is 1. The maximum absolute atomic E-state index is 12.0. The van der Waals surface area contributed by atoms with Crippen molar-refractivity contribution in [1.82, 2.24) is 5.43 Å². The van der Waals surface area contributed by atoms with Crippen LogP contribution in [0.25, 0.3) is 11.1 Å². The van der Waals surface area contributed by atoms with Crippen molar-refractivity contribution in [2.24, 2.45) is 5.10 Å². The van der Waals surface area contributed by atoms with Gasteiger partial charge in [-0.3, -0.25) is 4.79 Å². The lowest BCUT2D eigenvalue weighted by molar-refractivity contribution is -0.123. The first-order chi connectivity index (χ1) is 13.5. The zero-order valence-corrected chi connectivity index (χ0v) is 17.5. The Labute approximate surface area is 177 Å². The molecule has 0 spiro atoms. The molecule has 0 bridgehead atoms. The number of carbonyl (C=O) groups is 1. The van der Waals surface area contributed by atoms with Crippen LogP contribution in [0.5, 0.6) is 5.75 Å². The third-order valence-corrected chi connectivity index (χ3v) is 4.87. The highest BCUT2D eigenvalue weighted by Crippen LogP contribution is 2.27. The number of nitrogens with one attached hydrogen (secondary N) is 1. The quantitative estimate of drug-likeness (QED) is 0.382. The Morgan fingerprint density at radius 3 is 2.39 bits per heavy atom. The number of benzene rings is 3. The molecule has 3 rings (SSSR count). The third-order valence-electron chi connectivity index (χ3n) is 4.01. The van der Waals surface area contributed by atoms with Gasteiger partial charge in [0, 0.05) is 5.02 Å². The molecule has 4 nitrogen and oxygen atoms in total. The van der Waals surface area contributed by atoms with Gasteiger partial charge in [0.2, 0.25) is 0 Å². The van der Waals surface area contributed by atoms with Gasteiger partial charge in [0.15, 0.2) is 6.61 Å². The number of hydrogen-bond acceptors (Lipinski definition) is 3. The molecule has 28 heavy (non-hydrogen) atoms. The summed E-state index contributed by atoms with van der Waals surface area (Å²) in [6.07, 6.45) is 0. The van der Waals surface area contributed by atoms with Crippen LogP contribution in [0, 0.1) is 0 Å². The molecule has 0 aliphatic rings. The Balaban J connectivity index is 1.56. The lowest BCUT2D eigenvalue weighted by atomic mass is 10.0. The number of amides is 1. The molecule has 6 heteroatoms. The molecule has 1 N–H and O–H groups in total. The lowest BCUT2D eigenvalue weighted by Gasteiger charge is -2.08. The second kappa shape index (κ2) is 9.53. The van der Waals surface area contributed by atoms with E-state index in [4.69, 9.17) is 16.3 Å². The summed E-state index contributed by atoms with van der Waals surface area (Å²) < 4.78 is 6.16. The Hall–Kier alpha value is -2.63. The normalized spacial score (nSPS) is 11.2. The molecular formula is C22H18BrClN2O2. The van der Waals surface area contributed by atoms with Gasteiger partial charge in [-0.2, -0.15) is 5.10 Å². The van der Waals surface area contributed by atoms with E-state index in [9.17, 15) is 4.79 Å². The molecule has 0 heterocycles. The standard InChI is InChI=1S/C22H18BrClN2O2/c1-15(16-7-9-18(10-8-16)17-5-3-2-4-6-17)25-26-22(27)14-28-21-12-11-19(24)13-20(21)23/h2-13H,14H2,1H3,(H,26,27)/b25-15-. The first-order valence-electron chi connectivity index (χ1n) is 8.60. The SMILES string of the molecule is C/C(=N/NC(=O)COc1ccc(Cl)cc1Br)c1ccc(-c2ccccc2)cc1. The fourth-order valence-electron chi connectivity index (χ4n) is 2.51. The summed E-state index contributed by atoms with van der Waals surface area (Å²) >= 11 is 9.23. The Bertz CT molecular complexity index is 989. The zero-order valence-electron chi connectivity index (χ0n) is 15.2. The number of hydrazone groups is 1. The van der Waals surface area contributed by atoms with Gasteiger partial charge in [-0.05, 0) is 57.7 Å². The first kappa shape index (κ1) is 20.1. The van der Waals surface area contributed by atoms with E-state index in [0.29, 0.717) is 21.0 Å². The number of carbonyl (C=O) groups excluding carboxylic acids is 1. The molecule has 0 saturated carbocycles. The third kappa shape index (κ3) is 5.44. The molecule has 3 aromatic rings. The molecule has 0 fully saturated rings. The minimum atomic E-state index is -0.345. The first-order valence-corrected chi connectivity index (χ1v) is 9.77. The lowest BCUT2D eigenvalue weighted by Crippen LogP contribution is -2.25. The van der Waals surface area contributed by atoms with Crippen molar-refractivity contribution in [3.63, 3.8) is 0 Å². The molecule has 3 aromatic carbocycles. The minimum absolute atomic E-state index is 0.149. The van der Waals surface area contributed by atoms with Crippen molar-refractivity contribution in [1.29, 1.82) is 0 Å². The van der Waals surface area contributed by atoms with E-state index < -0.39 is 0 Å². The van der Waals surface area contributed by atoms with Gasteiger partial charge in [0.1, 0.15) is 5.75 Å². The number of rotatable bonds is 6. The predicted molar refractivity (Wildman–Crippen MR) is 117 cm³/mol. The minimum Gasteiger partial charge on any atom is -0.483 e. The van der Waals surface area contributed by atoms with E-state index in [1.807, 2.05) is 49.4 Å². The fourth-order valence-corrected chi connectivity index (χ4v) is 3.31. The monoisotopic (exact) mass is 456 g/mol. The van der Waals surface area contributed by atoms with E-state index in [2.05, 4.69) is 38.6 Å². The molecule has 0 aromatic heterocycles. The zero-order chi connectivity index (χ0) is 19.9. The second-order valence-electron chi connectivity index (χ2n) is 6.04. The van der Waals surface area contributed by atoms with Gasteiger partial charge >= 0.3 is 0 Å². The van der Waals surface area contributed by atoms with Gasteiger partial charge in [0.25, 0.3) is 5.91 Å². The molecule has 0 aliphatic carbocycles. The van der Waals surface area contributed by atoms with E-state index in [1.54, 1.807) is 18.2 Å². The van der Waals surface area contributed by atoms with Crippen LogP contribution in [0.4, 0.5) is 0 Å². The van der Waals surface area contributed by atoms with Crippen molar-refractivity contribution in [3.8, 4) is 16.9 Å². The van der Waals surface area contributed by atoms with Crippen molar-refractivity contribution < 1.29 is 9.53 Å². The van der Waals surface area contributed by atoms with E-state index in [0.717, 1.165) is 16.7 Å². The summed E-state index contributed by atoms with van der Waals surface area (Å²) in [5, 5.41) is 4.74. The molecule has 142 valence electrons. The van der Waals surface area contributed by atoms with E-state index in [1.165, 1.54) is 0 Å². The number of halogens is 2. The highest BCUT2D eigenvalue weighted by molar-refractivity contribution is 9.10. The van der Waals surface area contributed by atoms with Crippen LogP contribution in [-0.4, -0.2) is 18.2 Å². The second-order valence-corrected chi connectivity index (χ2v) is 7.33. The van der Waals surface area contributed by atoms with Gasteiger partial charge in [0.05, 0.1) is 10.2 Å². The summed E-state index contributed by atoms with van der Waals surface area (Å²) in [5.74, 6) is 0.193. The average molecular weight is 458 g/mol. The van der Waals surface area contributed by atoms with Gasteiger partial charge in [-0.1, -0.05) is 66.2 Å². The largest absolute Gasteiger partial charge is 0.483 e.